The molecule has 0 unspecified atom stereocenters. The maximum absolute atomic E-state index is 12.3. The van der Waals surface area contributed by atoms with Gasteiger partial charge in [0.15, 0.2) is 0 Å². The van der Waals surface area contributed by atoms with Crippen LogP contribution in [-0.4, -0.2) is 11.7 Å². The Bertz CT molecular complexity index is 768. The van der Waals surface area contributed by atoms with Crippen molar-refractivity contribution in [2.45, 2.75) is 26.2 Å². The summed E-state index contributed by atoms with van der Waals surface area (Å²) in [5.41, 5.74) is 4.70. The molecule has 0 spiro atoms. The first kappa shape index (κ1) is 14.8. The van der Waals surface area contributed by atoms with E-state index in [1.807, 2.05) is 43.3 Å². The van der Waals surface area contributed by atoms with E-state index in [0.29, 0.717) is 24.3 Å². The molecule has 1 amide bonds. The second-order valence-electron chi connectivity index (χ2n) is 5.70. The second kappa shape index (κ2) is 5.93. The molecule has 1 aliphatic heterocycles. The number of carbonyl (C=O) groups excluding carboxylic acids is 2. The Morgan fingerprint density at radius 3 is 2.82 bits per heavy atom. The van der Waals surface area contributed by atoms with Crippen LogP contribution in [0.2, 0.25) is 5.02 Å². The molecule has 0 aromatic heterocycles. The molecule has 2 aromatic rings. The van der Waals surface area contributed by atoms with Gasteiger partial charge in [-0.15, -0.1) is 0 Å². The van der Waals surface area contributed by atoms with Gasteiger partial charge in [-0.3, -0.25) is 9.59 Å². The lowest BCUT2D eigenvalue weighted by molar-refractivity contribution is -0.118. The number of fused-ring (bicyclic) bond motifs is 1. The van der Waals surface area contributed by atoms with Gasteiger partial charge >= 0.3 is 0 Å². The molecule has 22 heavy (non-hydrogen) atoms. The molecule has 1 N–H and O–H groups in total. The molecule has 1 aliphatic rings. The zero-order chi connectivity index (χ0) is 15.7. The van der Waals surface area contributed by atoms with Crippen molar-refractivity contribution in [2.24, 2.45) is 0 Å². The summed E-state index contributed by atoms with van der Waals surface area (Å²) in [5, 5.41) is 3.42. The van der Waals surface area contributed by atoms with Crippen LogP contribution < -0.4 is 5.32 Å². The highest BCUT2D eigenvalue weighted by Crippen LogP contribution is 2.24. The lowest BCUT2D eigenvalue weighted by atomic mass is 9.99. The van der Waals surface area contributed by atoms with Crippen LogP contribution in [0.3, 0.4) is 0 Å². The van der Waals surface area contributed by atoms with E-state index in [1.54, 1.807) is 0 Å². The Hall–Kier alpha value is -2.13. The molecule has 0 saturated heterocycles. The third kappa shape index (κ3) is 3.20. The van der Waals surface area contributed by atoms with E-state index in [1.165, 1.54) is 0 Å². The molecule has 4 heteroatoms. The quantitative estimate of drug-likeness (QED) is 0.939. The van der Waals surface area contributed by atoms with Gasteiger partial charge in [0.1, 0.15) is 5.78 Å². The average molecular weight is 314 g/mol. The van der Waals surface area contributed by atoms with Crippen molar-refractivity contribution in [3.05, 3.63) is 63.7 Å². The maximum atomic E-state index is 12.3. The zero-order valence-corrected chi connectivity index (χ0v) is 13.0. The number of halogens is 1. The van der Waals surface area contributed by atoms with Gasteiger partial charge < -0.3 is 5.32 Å². The lowest BCUT2D eigenvalue weighted by Crippen LogP contribution is -2.07. The Balaban J connectivity index is 1.71. The van der Waals surface area contributed by atoms with E-state index in [4.69, 9.17) is 11.6 Å². The molecule has 112 valence electrons. The number of rotatable bonds is 4. The van der Waals surface area contributed by atoms with Gasteiger partial charge in [0, 0.05) is 23.6 Å². The van der Waals surface area contributed by atoms with Gasteiger partial charge in [0.2, 0.25) is 5.91 Å². The van der Waals surface area contributed by atoms with Gasteiger partial charge in [-0.25, -0.2) is 0 Å². The van der Waals surface area contributed by atoms with Crippen LogP contribution in [0, 0.1) is 6.92 Å². The zero-order valence-electron chi connectivity index (χ0n) is 12.3. The fraction of sp³-hybridized carbons (Fsp3) is 0.222. The number of amides is 1. The Morgan fingerprint density at radius 1 is 1.18 bits per heavy atom. The number of ketones is 1. The van der Waals surface area contributed by atoms with Crippen LogP contribution in [-0.2, 0) is 28.9 Å². The van der Waals surface area contributed by atoms with Crippen LogP contribution in [0.5, 0.6) is 0 Å². The largest absolute Gasteiger partial charge is 0.326 e. The first-order chi connectivity index (χ1) is 10.5. The topological polar surface area (TPSA) is 46.2 Å². The Morgan fingerprint density at radius 2 is 2.00 bits per heavy atom. The van der Waals surface area contributed by atoms with Crippen molar-refractivity contribution in [3.63, 3.8) is 0 Å². The Kier molecular flexibility index (Phi) is 3.99. The summed E-state index contributed by atoms with van der Waals surface area (Å²) in [6, 6.07) is 11.4. The molecule has 0 fully saturated rings. The number of carbonyl (C=O) groups is 2. The van der Waals surface area contributed by atoms with Gasteiger partial charge in [-0.2, -0.15) is 0 Å². The molecule has 3 nitrogen and oxygen atoms in total. The molecule has 0 atom stereocenters. The first-order valence-electron chi connectivity index (χ1n) is 7.19. The predicted molar refractivity (Wildman–Crippen MR) is 87.4 cm³/mol. The normalized spacial score (nSPS) is 12.9. The maximum Gasteiger partial charge on any atom is 0.228 e. The summed E-state index contributed by atoms with van der Waals surface area (Å²) in [6.07, 6.45) is 1.07. The molecule has 0 saturated carbocycles. The first-order valence-corrected chi connectivity index (χ1v) is 7.57. The molecule has 1 heterocycles. The molecule has 0 aliphatic carbocycles. The highest BCUT2D eigenvalue weighted by molar-refractivity contribution is 6.31. The Labute approximate surface area is 134 Å². The van der Waals surface area contributed by atoms with Crippen LogP contribution in [0.4, 0.5) is 5.69 Å². The van der Waals surface area contributed by atoms with Gasteiger partial charge in [-0.05, 0) is 35.7 Å². The lowest BCUT2D eigenvalue weighted by Gasteiger charge is -2.07. The van der Waals surface area contributed by atoms with Gasteiger partial charge in [-0.1, -0.05) is 41.4 Å². The van der Waals surface area contributed by atoms with E-state index in [9.17, 15) is 9.59 Å². The fourth-order valence-corrected chi connectivity index (χ4v) is 2.92. The number of benzene rings is 2. The standard InChI is InChI=1S/C18H16ClNO2/c1-11-2-4-16(19)13(6-11)9-15(21)8-12-3-5-17-14(7-12)10-18(22)20-17/h2-7H,8-10H2,1H3,(H,20,22). The fourth-order valence-electron chi connectivity index (χ4n) is 2.73. The smallest absolute Gasteiger partial charge is 0.228 e. The highest BCUT2D eigenvalue weighted by atomic mass is 35.5. The van der Waals surface area contributed by atoms with Crippen LogP contribution in [0.15, 0.2) is 36.4 Å². The number of aryl methyl sites for hydroxylation is 1. The van der Waals surface area contributed by atoms with Crippen LogP contribution >= 0.6 is 11.6 Å². The summed E-state index contributed by atoms with van der Waals surface area (Å²) in [6.45, 7) is 1.98. The monoisotopic (exact) mass is 313 g/mol. The molecule has 0 bridgehead atoms. The average Bonchev–Trinajstić information content (AvgIpc) is 2.82. The molecule has 3 rings (SSSR count). The summed E-state index contributed by atoms with van der Waals surface area (Å²) >= 11 is 6.14. The molecular formula is C18H16ClNO2. The summed E-state index contributed by atoms with van der Waals surface area (Å²) in [4.78, 5) is 23.6. The third-order valence-corrected chi connectivity index (χ3v) is 4.15. The minimum absolute atomic E-state index is 0.00465. The van der Waals surface area contributed by atoms with Gasteiger partial charge in [0.05, 0.1) is 6.42 Å². The summed E-state index contributed by atoms with van der Waals surface area (Å²) in [7, 11) is 0. The van der Waals surface area contributed by atoms with E-state index in [0.717, 1.165) is 27.9 Å². The van der Waals surface area contributed by atoms with Crippen molar-refractivity contribution in [1.82, 2.24) is 0 Å². The minimum Gasteiger partial charge on any atom is -0.326 e. The number of anilines is 1. The minimum atomic E-state index is 0.00465. The van der Waals surface area contributed by atoms with Crippen LogP contribution in [0.1, 0.15) is 22.3 Å². The summed E-state index contributed by atoms with van der Waals surface area (Å²) in [5.74, 6) is 0.120. The van der Waals surface area contributed by atoms with Crippen LogP contribution in [0.25, 0.3) is 0 Å². The second-order valence-corrected chi connectivity index (χ2v) is 6.11. The molecular weight excluding hydrogens is 298 g/mol. The SMILES string of the molecule is Cc1ccc(Cl)c(CC(=O)Cc2ccc3c(c2)CC(=O)N3)c1. The van der Waals surface area contributed by atoms with Crippen molar-refractivity contribution in [2.75, 3.05) is 5.32 Å². The van der Waals surface area contributed by atoms with Crippen molar-refractivity contribution < 1.29 is 9.59 Å². The van der Waals surface area contributed by atoms with E-state index < -0.39 is 0 Å². The number of hydrogen-bond acceptors (Lipinski definition) is 2. The highest BCUT2D eigenvalue weighted by Gasteiger charge is 2.18. The number of Topliss-reactive ketones (excluding diaryl/α,β-unsaturated/α-hetero) is 1. The molecule has 0 radical (unpaired) electrons. The van der Waals surface area contributed by atoms with Crippen molar-refractivity contribution in [1.29, 1.82) is 0 Å². The molecule has 2 aromatic carbocycles. The predicted octanol–water partition coefficient (Wildman–Crippen LogP) is 3.50. The van der Waals surface area contributed by atoms with E-state index >= 15 is 0 Å². The third-order valence-electron chi connectivity index (χ3n) is 3.78. The van der Waals surface area contributed by atoms with Gasteiger partial charge in [0.25, 0.3) is 0 Å². The van der Waals surface area contributed by atoms with E-state index in [-0.39, 0.29) is 11.7 Å². The van der Waals surface area contributed by atoms with Crippen molar-refractivity contribution >= 4 is 29.0 Å². The summed E-state index contributed by atoms with van der Waals surface area (Å²) < 4.78 is 0. The van der Waals surface area contributed by atoms with E-state index in [2.05, 4.69) is 5.32 Å². The number of nitrogens with one attached hydrogen (secondary N) is 1. The number of hydrogen-bond donors (Lipinski definition) is 1. The van der Waals surface area contributed by atoms with Crippen molar-refractivity contribution in [3.8, 4) is 0 Å².